The first-order valence-corrected chi connectivity index (χ1v) is 17.6. The highest BCUT2D eigenvalue weighted by Gasteiger charge is 2.70. The number of hydrogen-bond acceptors (Lipinski definition) is 5. The van der Waals surface area contributed by atoms with Gasteiger partial charge in [-0.1, -0.05) is 60.1 Å². The van der Waals surface area contributed by atoms with Gasteiger partial charge < -0.3 is 24.8 Å². The number of fused-ring (bicyclic) bond motifs is 7. The van der Waals surface area contributed by atoms with E-state index in [4.69, 9.17) is 9.47 Å². The first kappa shape index (κ1) is 31.5. The van der Waals surface area contributed by atoms with E-state index in [1.54, 1.807) is 6.92 Å². The van der Waals surface area contributed by atoms with E-state index in [0.717, 1.165) is 24.7 Å². The summed E-state index contributed by atoms with van der Waals surface area (Å²) >= 11 is 0. The van der Waals surface area contributed by atoms with Gasteiger partial charge >= 0.3 is 0 Å². The minimum atomic E-state index is -1.26. The average Bonchev–Trinajstić information content (AvgIpc) is 3.33. The molecule has 15 atom stereocenters. The third kappa shape index (κ3) is 4.11. The topological polar surface area (TPSA) is 79.2 Å². The van der Waals surface area contributed by atoms with Gasteiger partial charge in [-0.25, -0.2) is 0 Å². The summed E-state index contributed by atoms with van der Waals surface area (Å²) in [6.07, 6.45) is 9.00. The van der Waals surface area contributed by atoms with Gasteiger partial charge in [-0.3, -0.25) is 0 Å². The van der Waals surface area contributed by atoms with Crippen LogP contribution in [0.15, 0.2) is 12.2 Å². The molecule has 42 heavy (non-hydrogen) atoms. The standard InChI is InChI=1S/C37H62O5/c1-10-37-18-13-23(21(2)3)28(37)24-11-12-26-34(7)16-15-27(42-32-31(40)30(39)29(38)22(4)41-32)33(5,6)25(34)14-17-36(26,9)35(24,8)19-20-37/h22-32,38-40H,2,10-20H2,1,3-9H3/t22-,23-,24+,25-,26+,27-,28+,29-,30+,31+,32-,34-,35+,36+,37+/m0/s1. The largest absolute Gasteiger partial charge is 0.388 e. The van der Waals surface area contributed by atoms with Crippen molar-refractivity contribution < 1.29 is 24.8 Å². The Balaban J connectivity index is 1.27. The Morgan fingerprint density at radius 2 is 1.52 bits per heavy atom. The monoisotopic (exact) mass is 586 g/mol. The Hall–Kier alpha value is -0.460. The number of allylic oxidation sites excluding steroid dienone is 1. The third-order valence-electron chi connectivity index (χ3n) is 16.0. The molecule has 1 heterocycles. The summed E-state index contributed by atoms with van der Waals surface area (Å²) in [5, 5.41) is 31.3. The predicted molar refractivity (Wildman–Crippen MR) is 166 cm³/mol. The van der Waals surface area contributed by atoms with E-state index < -0.39 is 30.7 Å². The van der Waals surface area contributed by atoms with Crippen molar-refractivity contribution in [3.8, 4) is 0 Å². The fourth-order valence-electron chi connectivity index (χ4n) is 13.4. The predicted octanol–water partition coefficient (Wildman–Crippen LogP) is 7.27. The number of aliphatic hydroxyl groups is 3. The lowest BCUT2D eigenvalue weighted by molar-refractivity contribution is -0.326. The van der Waals surface area contributed by atoms with Crippen LogP contribution in [0.3, 0.4) is 0 Å². The van der Waals surface area contributed by atoms with E-state index in [1.807, 2.05) is 0 Å². The van der Waals surface area contributed by atoms with Crippen LogP contribution in [0.4, 0.5) is 0 Å². The molecule has 1 aliphatic heterocycles. The molecule has 0 radical (unpaired) electrons. The fraction of sp³-hybridized carbons (Fsp3) is 0.946. The average molecular weight is 587 g/mol. The summed E-state index contributed by atoms with van der Waals surface area (Å²) in [6.45, 7) is 23.9. The molecular formula is C37H62O5. The molecule has 0 spiro atoms. The Kier molecular flexibility index (Phi) is 7.71. The molecule has 6 fully saturated rings. The molecule has 0 bridgehead atoms. The minimum absolute atomic E-state index is 0.0594. The maximum absolute atomic E-state index is 10.7. The van der Waals surface area contributed by atoms with Gasteiger partial charge in [0.25, 0.3) is 0 Å². The molecule has 5 nitrogen and oxygen atoms in total. The summed E-state index contributed by atoms with van der Waals surface area (Å²) in [6, 6.07) is 0. The van der Waals surface area contributed by atoms with Crippen molar-refractivity contribution in [2.75, 3.05) is 0 Å². The van der Waals surface area contributed by atoms with Crippen molar-refractivity contribution in [3.63, 3.8) is 0 Å². The smallest absolute Gasteiger partial charge is 0.186 e. The van der Waals surface area contributed by atoms with E-state index in [-0.39, 0.29) is 16.9 Å². The van der Waals surface area contributed by atoms with E-state index in [0.29, 0.717) is 34.0 Å². The second-order valence-electron chi connectivity index (χ2n) is 17.6. The molecule has 0 aromatic rings. The van der Waals surface area contributed by atoms with Gasteiger partial charge in [-0.15, -0.1) is 0 Å². The first-order chi connectivity index (χ1) is 19.6. The van der Waals surface area contributed by atoms with Gasteiger partial charge in [0.2, 0.25) is 0 Å². The van der Waals surface area contributed by atoms with Gasteiger partial charge in [0, 0.05) is 0 Å². The van der Waals surface area contributed by atoms with Gasteiger partial charge in [0.05, 0.1) is 12.2 Å². The second kappa shape index (κ2) is 10.3. The normalized spacial score (nSPS) is 57.0. The van der Waals surface area contributed by atoms with E-state index in [1.165, 1.54) is 63.4 Å². The van der Waals surface area contributed by atoms with Gasteiger partial charge in [0.1, 0.15) is 18.3 Å². The molecule has 0 aromatic heterocycles. The number of ether oxygens (including phenoxy) is 2. The van der Waals surface area contributed by atoms with E-state index >= 15 is 0 Å². The van der Waals surface area contributed by atoms with Gasteiger partial charge in [-0.2, -0.15) is 0 Å². The fourth-order valence-corrected chi connectivity index (χ4v) is 13.4. The molecule has 5 aliphatic carbocycles. The Morgan fingerprint density at radius 3 is 2.19 bits per heavy atom. The van der Waals surface area contributed by atoms with Crippen molar-refractivity contribution >= 4 is 0 Å². The lowest BCUT2D eigenvalue weighted by Crippen LogP contribution is -2.67. The highest BCUT2D eigenvalue weighted by molar-refractivity contribution is 5.21. The Morgan fingerprint density at radius 1 is 0.810 bits per heavy atom. The second-order valence-corrected chi connectivity index (χ2v) is 17.6. The van der Waals surface area contributed by atoms with Crippen LogP contribution >= 0.6 is 0 Å². The van der Waals surface area contributed by atoms with Crippen molar-refractivity contribution in [1.82, 2.24) is 0 Å². The molecule has 0 aromatic carbocycles. The molecule has 5 heteroatoms. The lowest BCUT2D eigenvalue weighted by Gasteiger charge is -2.73. The molecular weight excluding hydrogens is 524 g/mol. The van der Waals surface area contributed by atoms with Crippen LogP contribution in [0, 0.1) is 56.7 Å². The Labute approximate surface area is 256 Å². The van der Waals surface area contributed by atoms with Crippen molar-refractivity contribution in [1.29, 1.82) is 0 Å². The highest BCUT2D eigenvalue weighted by atomic mass is 16.7. The Bertz CT molecular complexity index is 1060. The quantitative estimate of drug-likeness (QED) is 0.239. The third-order valence-corrected chi connectivity index (χ3v) is 16.0. The maximum Gasteiger partial charge on any atom is 0.186 e. The van der Waals surface area contributed by atoms with E-state index in [9.17, 15) is 15.3 Å². The van der Waals surface area contributed by atoms with Crippen molar-refractivity contribution in [3.05, 3.63) is 12.2 Å². The van der Waals surface area contributed by atoms with Crippen LogP contribution < -0.4 is 0 Å². The van der Waals surface area contributed by atoms with Crippen molar-refractivity contribution in [2.45, 2.75) is 163 Å². The molecule has 6 rings (SSSR count). The summed E-state index contributed by atoms with van der Waals surface area (Å²) < 4.78 is 12.5. The molecule has 1 saturated heterocycles. The SMILES string of the molecule is C=C(C)[C@@H]1CC[C@]2(CC)CC[C@]3(C)[C@H](CC[C@@H]4[C@@]5(C)CC[C@H](O[C@@H]6O[C@@H](C)[C@H](O)[C@@H](O)[C@H]6O)C(C)(C)[C@@H]5CC[C@]43C)[C@@H]12. The van der Waals surface area contributed by atoms with Crippen LogP contribution in [-0.4, -0.2) is 52.1 Å². The minimum Gasteiger partial charge on any atom is -0.388 e. The molecule has 240 valence electrons. The van der Waals surface area contributed by atoms with Crippen LogP contribution in [0.1, 0.15) is 126 Å². The summed E-state index contributed by atoms with van der Waals surface area (Å²) in [5.74, 6) is 3.55. The lowest BCUT2D eigenvalue weighted by atomic mass is 9.32. The molecule has 0 amide bonds. The molecule has 0 unspecified atom stereocenters. The van der Waals surface area contributed by atoms with Crippen molar-refractivity contribution in [2.24, 2.45) is 56.7 Å². The maximum atomic E-state index is 10.7. The van der Waals surface area contributed by atoms with Gasteiger partial charge in [0.15, 0.2) is 6.29 Å². The van der Waals surface area contributed by atoms with Crippen LogP contribution in [0.25, 0.3) is 0 Å². The summed E-state index contributed by atoms with van der Waals surface area (Å²) in [5.41, 5.74) is 2.84. The zero-order chi connectivity index (χ0) is 30.6. The number of aliphatic hydroxyl groups excluding tert-OH is 3. The first-order valence-electron chi connectivity index (χ1n) is 17.6. The molecule has 5 saturated carbocycles. The van der Waals surface area contributed by atoms with Crippen LogP contribution in [0.5, 0.6) is 0 Å². The summed E-state index contributed by atoms with van der Waals surface area (Å²) in [4.78, 5) is 0. The highest BCUT2D eigenvalue weighted by Crippen LogP contribution is 2.78. The van der Waals surface area contributed by atoms with Crippen LogP contribution in [0.2, 0.25) is 0 Å². The number of rotatable bonds is 4. The zero-order valence-corrected chi connectivity index (χ0v) is 28.0. The number of hydrogen-bond donors (Lipinski definition) is 3. The summed E-state index contributed by atoms with van der Waals surface area (Å²) in [7, 11) is 0. The van der Waals surface area contributed by atoms with E-state index in [2.05, 4.69) is 55.0 Å². The van der Waals surface area contributed by atoms with Gasteiger partial charge in [-0.05, 0) is 135 Å². The zero-order valence-electron chi connectivity index (χ0n) is 28.0. The molecule has 3 N–H and O–H groups in total. The molecule has 6 aliphatic rings. The van der Waals surface area contributed by atoms with Crippen LogP contribution in [-0.2, 0) is 9.47 Å².